The number of anilines is 2. The van der Waals surface area contributed by atoms with E-state index in [4.69, 9.17) is 0 Å². The molecule has 0 aromatic heterocycles. The summed E-state index contributed by atoms with van der Waals surface area (Å²) in [6.45, 7) is 1.44. The van der Waals surface area contributed by atoms with E-state index in [0.29, 0.717) is 22.5 Å². The SMILES string of the molecule is O=C(Nc1ccccc1NC(=O)N1CCCC1)c1cccc(CS(=O)(=O)c2ccccc2)c1. The van der Waals surface area contributed by atoms with E-state index in [9.17, 15) is 18.0 Å². The monoisotopic (exact) mass is 463 g/mol. The lowest BCUT2D eigenvalue weighted by atomic mass is 10.1. The van der Waals surface area contributed by atoms with Crippen molar-refractivity contribution in [2.24, 2.45) is 0 Å². The van der Waals surface area contributed by atoms with Gasteiger partial charge in [-0.25, -0.2) is 13.2 Å². The number of nitrogens with zero attached hydrogens (tertiary/aromatic N) is 1. The number of para-hydroxylation sites is 2. The third kappa shape index (κ3) is 5.59. The van der Waals surface area contributed by atoms with Crippen molar-refractivity contribution in [1.29, 1.82) is 0 Å². The number of rotatable bonds is 6. The normalized spacial score (nSPS) is 13.5. The summed E-state index contributed by atoms with van der Waals surface area (Å²) >= 11 is 0. The van der Waals surface area contributed by atoms with Crippen LogP contribution in [0.4, 0.5) is 16.2 Å². The Balaban J connectivity index is 1.48. The molecule has 3 amide bonds. The number of amides is 3. The molecule has 2 N–H and O–H groups in total. The summed E-state index contributed by atoms with van der Waals surface area (Å²) in [5.41, 5.74) is 1.82. The molecule has 0 aliphatic carbocycles. The summed E-state index contributed by atoms with van der Waals surface area (Å²) in [7, 11) is -3.53. The Morgan fingerprint density at radius 3 is 2.12 bits per heavy atom. The molecule has 0 spiro atoms. The third-order valence-electron chi connectivity index (χ3n) is 5.46. The highest BCUT2D eigenvalue weighted by Gasteiger charge is 2.20. The smallest absolute Gasteiger partial charge is 0.321 e. The summed E-state index contributed by atoms with van der Waals surface area (Å²) in [6.07, 6.45) is 1.98. The second kappa shape index (κ2) is 9.87. The fraction of sp³-hybridized carbons (Fsp3) is 0.200. The molecule has 0 atom stereocenters. The molecule has 8 heteroatoms. The van der Waals surface area contributed by atoms with Gasteiger partial charge in [0.05, 0.1) is 22.0 Å². The van der Waals surface area contributed by atoms with Crippen LogP contribution in [0, 0.1) is 0 Å². The zero-order chi connectivity index (χ0) is 23.3. The second-order valence-electron chi connectivity index (χ2n) is 7.90. The van der Waals surface area contributed by atoms with Crippen LogP contribution in [-0.4, -0.2) is 38.3 Å². The molecule has 1 fully saturated rings. The molecule has 3 aromatic rings. The van der Waals surface area contributed by atoms with Gasteiger partial charge in [-0.2, -0.15) is 0 Å². The highest BCUT2D eigenvalue weighted by Crippen LogP contribution is 2.24. The lowest BCUT2D eigenvalue weighted by molar-refractivity contribution is 0.102. The first-order valence-corrected chi connectivity index (χ1v) is 12.4. The minimum absolute atomic E-state index is 0.192. The summed E-state index contributed by atoms with van der Waals surface area (Å²) in [5.74, 6) is -0.600. The Hall–Kier alpha value is -3.65. The van der Waals surface area contributed by atoms with Gasteiger partial charge in [-0.15, -0.1) is 0 Å². The van der Waals surface area contributed by atoms with Gasteiger partial charge >= 0.3 is 6.03 Å². The van der Waals surface area contributed by atoms with Crippen LogP contribution < -0.4 is 10.6 Å². The highest BCUT2D eigenvalue weighted by molar-refractivity contribution is 7.90. The first kappa shape index (κ1) is 22.5. The number of hydrogen-bond acceptors (Lipinski definition) is 4. The third-order valence-corrected chi connectivity index (χ3v) is 7.16. The Labute approximate surface area is 193 Å². The van der Waals surface area contributed by atoms with Gasteiger partial charge in [-0.1, -0.05) is 42.5 Å². The largest absolute Gasteiger partial charge is 0.325 e. The van der Waals surface area contributed by atoms with Crippen LogP contribution in [-0.2, 0) is 15.6 Å². The molecule has 3 aromatic carbocycles. The van der Waals surface area contributed by atoms with E-state index in [2.05, 4.69) is 10.6 Å². The quantitative estimate of drug-likeness (QED) is 0.561. The van der Waals surface area contributed by atoms with E-state index in [1.54, 1.807) is 83.8 Å². The summed E-state index contributed by atoms with van der Waals surface area (Å²) < 4.78 is 25.4. The molecule has 1 saturated heterocycles. The summed E-state index contributed by atoms with van der Waals surface area (Å²) in [4.78, 5) is 27.4. The zero-order valence-corrected chi connectivity index (χ0v) is 18.8. The van der Waals surface area contributed by atoms with Crippen molar-refractivity contribution in [2.45, 2.75) is 23.5 Å². The molecular weight excluding hydrogens is 438 g/mol. The van der Waals surface area contributed by atoms with Crippen LogP contribution in [0.1, 0.15) is 28.8 Å². The van der Waals surface area contributed by atoms with Crippen molar-refractivity contribution in [1.82, 2.24) is 4.90 Å². The number of carbonyl (C=O) groups excluding carboxylic acids is 2. The summed E-state index contributed by atoms with van der Waals surface area (Å²) in [6, 6.07) is 21.6. The van der Waals surface area contributed by atoms with E-state index in [1.165, 1.54) is 0 Å². The first-order chi connectivity index (χ1) is 15.9. The standard InChI is InChI=1S/C25H25N3O4S/c29-24(26-22-13-4-5-14-23(22)27-25(30)28-15-6-7-16-28)20-10-8-9-19(17-20)18-33(31,32)21-11-2-1-3-12-21/h1-5,8-14,17H,6-7,15-16,18H2,(H,26,29)(H,27,30). The van der Waals surface area contributed by atoms with Gasteiger partial charge < -0.3 is 15.5 Å². The van der Waals surface area contributed by atoms with Gasteiger partial charge in [-0.05, 0) is 54.8 Å². The number of carbonyl (C=O) groups is 2. The van der Waals surface area contributed by atoms with E-state index in [1.807, 2.05) is 0 Å². The second-order valence-corrected chi connectivity index (χ2v) is 9.89. The molecule has 0 bridgehead atoms. The Kier molecular flexibility index (Phi) is 6.74. The van der Waals surface area contributed by atoms with E-state index < -0.39 is 15.7 Å². The van der Waals surface area contributed by atoms with Crippen LogP contribution >= 0.6 is 0 Å². The average Bonchev–Trinajstić information content (AvgIpc) is 3.36. The molecule has 1 aliphatic heterocycles. The molecule has 7 nitrogen and oxygen atoms in total. The van der Waals surface area contributed by atoms with Gasteiger partial charge in [0, 0.05) is 18.7 Å². The fourth-order valence-corrected chi connectivity index (χ4v) is 5.10. The number of benzene rings is 3. The molecule has 170 valence electrons. The number of urea groups is 1. The topological polar surface area (TPSA) is 95.6 Å². The van der Waals surface area contributed by atoms with E-state index in [-0.39, 0.29) is 16.7 Å². The molecule has 0 saturated carbocycles. The van der Waals surface area contributed by atoms with Gasteiger partial charge in [0.2, 0.25) is 0 Å². The molecule has 1 heterocycles. The predicted molar refractivity (Wildman–Crippen MR) is 128 cm³/mol. The maximum atomic E-state index is 12.9. The maximum Gasteiger partial charge on any atom is 0.321 e. The van der Waals surface area contributed by atoms with Crippen molar-refractivity contribution >= 4 is 33.2 Å². The van der Waals surface area contributed by atoms with Gasteiger partial charge in [0.25, 0.3) is 5.91 Å². The van der Waals surface area contributed by atoms with Gasteiger partial charge in [-0.3, -0.25) is 4.79 Å². The zero-order valence-electron chi connectivity index (χ0n) is 18.0. The van der Waals surface area contributed by atoms with E-state index in [0.717, 1.165) is 25.9 Å². The molecule has 4 rings (SSSR count). The Morgan fingerprint density at radius 2 is 1.42 bits per heavy atom. The van der Waals surface area contributed by atoms with Gasteiger partial charge in [0.15, 0.2) is 9.84 Å². The number of nitrogens with one attached hydrogen (secondary N) is 2. The predicted octanol–water partition coefficient (Wildman–Crippen LogP) is 4.54. The van der Waals surface area contributed by atoms with E-state index >= 15 is 0 Å². The van der Waals surface area contributed by atoms with Crippen molar-refractivity contribution in [2.75, 3.05) is 23.7 Å². The van der Waals surface area contributed by atoms with Crippen molar-refractivity contribution < 1.29 is 18.0 Å². The van der Waals surface area contributed by atoms with Gasteiger partial charge in [0.1, 0.15) is 0 Å². The molecule has 1 aliphatic rings. The maximum absolute atomic E-state index is 12.9. The molecule has 0 unspecified atom stereocenters. The van der Waals surface area contributed by atoms with Crippen molar-refractivity contribution in [3.8, 4) is 0 Å². The number of likely N-dealkylation sites (tertiary alicyclic amines) is 1. The number of hydrogen-bond donors (Lipinski definition) is 2. The van der Waals surface area contributed by atoms with Crippen LogP contribution in [0.5, 0.6) is 0 Å². The molecule has 33 heavy (non-hydrogen) atoms. The Morgan fingerprint density at radius 1 is 0.788 bits per heavy atom. The minimum Gasteiger partial charge on any atom is -0.325 e. The average molecular weight is 464 g/mol. The molecule has 0 radical (unpaired) electrons. The van der Waals surface area contributed by atoms with Crippen molar-refractivity contribution in [3.05, 3.63) is 90.0 Å². The minimum atomic E-state index is -3.53. The van der Waals surface area contributed by atoms with Crippen LogP contribution in [0.3, 0.4) is 0 Å². The molecular formula is C25H25N3O4S. The van der Waals surface area contributed by atoms with Crippen LogP contribution in [0.2, 0.25) is 0 Å². The fourth-order valence-electron chi connectivity index (χ4n) is 3.74. The Bertz CT molecular complexity index is 1250. The summed E-state index contributed by atoms with van der Waals surface area (Å²) in [5, 5.41) is 5.69. The number of sulfone groups is 1. The lowest BCUT2D eigenvalue weighted by Gasteiger charge is -2.18. The van der Waals surface area contributed by atoms with Crippen LogP contribution in [0.25, 0.3) is 0 Å². The highest BCUT2D eigenvalue weighted by atomic mass is 32.2. The lowest BCUT2D eigenvalue weighted by Crippen LogP contribution is -2.32. The van der Waals surface area contributed by atoms with Crippen LogP contribution in [0.15, 0.2) is 83.8 Å². The first-order valence-electron chi connectivity index (χ1n) is 10.8. The van der Waals surface area contributed by atoms with Crippen molar-refractivity contribution in [3.63, 3.8) is 0 Å².